The van der Waals surface area contributed by atoms with E-state index in [-0.39, 0.29) is 31.3 Å². The molecule has 0 aliphatic rings. The third kappa shape index (κ3) is 10.1. The summed E-state index contributed by atoms with van der Waals surface area (Å²) in [7, 11) is -2.31. The van der Waals surface area contributed by atoms with Crippen molar-refractivity contribution in [3.8, 4) is 5.75 Å². The lowest BCUT2D eigenvalue weighted by atomic mass is 10.0. The molecule has 0 fully saturated rings. The molecule has 0 bridgehead atoms. The minimum Gasteiger partial charge on any atom is -0.497 e. The van der Waals surface area contributed by atoms with E-state index >= 15 is 0 Å². The zero-order valence-electron chi connectivity index (χ0n) is 19.6. The molecule has 0 aromatic heterocycles. The fourth-order valence-corrected chi connectivity index (χ4v) is 4.65. The fourth-order valence-electron chi connectivity index (χ4n) is 3.41. The first-order valence-corrected chi connectivity index (χ1v) is 12.8. The van der Waals surface area contributed by atoms with Crippen molar-refractivity contribution >= 4 is 27.7 Å². The number of nitrogens with one attached hydrogen (secondary N) is 2. The summed E-state index contributed by atoms with van der Waals surface area (Å²) in [4.78, 5) is 25.0. The summed E-state index contributed by atoms with van der Waals surface area (Å²) >= 11 is 0. The topological polar surface area (TPSA) is 125 Å². The van der Waals surface area contributed by atoms with Gasteiger partial charge in [0.2, 0.25) is 5.91 Å². The molecule has 2 rings (SSSR count). The number of rotatable bonds is 14. The number of carboxylic acid groups (broad SMARTS) is 1. The molecule has 2 aromatic rings. The average Bonchev–Trinajstić information content (AvgIpc) is 2.79. The van der Waals surface area contributed by atoms with Gasteiger partial charge in [0.05, 0.1) is 7.11 Å². The minimum absolute atomic E-state index is 0.103. The second-order valence-electron chi connectivity index (χ2n) is 8.15. The smallest absolute Gasteiger partial charge is 0.404 e. The molecule has 0 saturated carbocycles. The summed E-state index contributed by atoms with van der Waals surface area (Å²) in [5.41, 5.74) is 1.49. The Hall–Kier alpha value is -3.27. The third-order valence-corrected chi connectivity index (χ3v) is 6.41. The van der Waals surface area contributed by atoms with Gasteiger partial charge in [-0.2, -0.15) is 0 Å². The number of hydrogen-bond acceptors (Lipinski definition) is 5. The number of nitrogens with zero attached hydrogens (tertiary/aromatic N) is 1. The number of sulfonamides is 1. The molecule has 2 aromatic carbocycles. The monoisotopic (exact) mass is 491 g/mol. The number of carbonyl (C=O) groups is 2. The molecular weight excluding hydrogens is 458 g/mol. The van der Waals surface area contributed by atoms with Crippen molar-refractivity contribution in [1.29, 1.82) is 0 Å². The van der Waals surface area contributed by atoms with E-state index in [0.29, 0.717) is 30.7 Å². The van der Waals surface area contributed by atoms with Gasteiger partial charge in [-0.15, -0.1) is 0 Å². The van der Waals surface area contributed by atoms with Crippen LogP contribution in [0.3, 0.4) is 0 Å². The molecule has 34 heavy (non-hydrogen) atoms. The number of amides is 2. The van der Waals surface area contributed by atoms with Gasteiger partial charge in [0, 0.05) is 25.2 Å². The Balaban J connectivity index is 2.02. The van der Waals surface area contributed by atoms with Crippen LogP contribution >= 0.6 is 0 Å². The Labute approximate surface area is 201 Å². The number of hydrogen-bond donors (Lipinski definition) is 3. The first-order valence-electron chi connectivity index (χ1n) is 11.1. The van der Waals surface area contributed by atoms with E-state index in [2.05, 4.69) is 10.0 Å². The fraction of sp³-hybridized carbons (Fsp3) is 0.417. The highest BCUT2D eigenvalue weighted by atomic mass is 32.2. The van der Waals surface area contributed by atoms with Crippen molar-refractivity contribution in [3.05, 3.63) is 60.2 Å². The van der Waals surface area contributed by atoms with Crippen LogP contribution in [0, 0.1) is 5.92 Å². The van der Waals surface area contributed by atoms with Gasteiger partial charge in [-0.3, -0.25) is 9.52 Å². The highest BCUT2D eigenvalue weighted by molar-refractivity contribution is 7.92. The molecule has 10 heteroatoms. The summed E-state index contributed by atoms with van der Waals surface area (Å²) in [5.74, 6) is -0.247. The predicted molar refractivity (Wildman–Crippen MR) is 131 cm³/mol. The summed E-state index contributed by atoms with van der Waals surface area (Å²) in [6.07, 6.45) is 0.825. The lowest BCUT2D eigenvalue weighted by Crippen LogP contribution is -2.39. The predicted octanol–water partition coefficient (Wildman–Crippen LogP) is 3.54. The first-order chi connectivity index (χ1) is 16.2. The zero-order chi connectivity index (χ0) is 25.0. The summed E-state index contributed by atoms with van der Waals surface area (Å²) < 4.78 is 33.2. The van der Waals surface area contributed by atoms with Crippen LogP contribution < -0.4 is 14.8 Å². The van der Waals surface area contributed by atoms with E-state index in [1.165, 1.54) is 12.0 Å². The summed E-state index contributed by atoms with van der Waals surface area (Å²) in [5, 5.41) is 11.0. The number of aryl methyl sites for hydroxylation is 1. The molecule has 0 aliphatic heterocycles. The van der Waals surface area contributed by atoms with Crippen LogP contribution in [0.25, 0.3) is 0 Å². The Kier molecular flexibility index (Phi) is 10.7. The van der Waals surface area contributed by atoms with Crippen molar-refractivity contribution in [1.82, 2.24) is 10.2 Å². The summed E-state index contributed by atoms with van der Waals surface area (Å²) in [6, 6.07) is 16.3. The van der Waals surface area contributed by atoms with E-state index < -0.39 is 22.0 Å². The van der Waals surface area contributed by atoms with E-state index in [1.807, 2.05) is 37.3 Å². The number of benzene rings is 2. The number of methoxy groups -OCH3 is 1. The van der Waals surface area contributed by atoms with Crippen molar-refractivity contribution in [3.63, 3.8) is 0 Å². The van der Waals surface area contributed by atoms with E-state index in [9.17, 15) is 18.0 Å². The number of carbonyl (C=O) groups excluding carboxylic acids is 1. The average molecular weight is 492 g/mol. The second kappa shape index (κ2) is 13.4. The van der Waals surface area contributed by atoms with Crippen LogP contribution in [0.4, 0.5) is 10.5 Å². The maximum Gasteiger partial charge on any atom is 0.404 e. The van der Waals surface area contributed by atoms with E-state index in [0.717, 1.165) is 5.56 Å². The van der Waals surface area contributed by atoms with Gasteiger partial charge < -0.3 is 20.1 Å². The van der Waals surface area contributed by atoms with Crippen LogP contribution in [0.1, 0.15) is 31.7 Å². The lowest BCUT2D eigenvalue weighted by molar-refractivity contribution is -0.131. The van der Waals surface area contributed by atoms with E-state index in [4.69, 9.17) is 9.84 Å². The third-order valence-electron chi connectivity index (χ3n) is 5.21. The highest BCUT2D eigenvalue weighted by Crippen LogP contribution is 2.17. The SMILES string of the molecule is COc1ccc(NS(=O)(=O)CN(CCCc2ccccc2)C(=O)CC(C)CCNC(=O)O)cc1. The van der Waals surface area contributed by atoms with Crippen LogP contribution in [-0.2, 0) is 21.2 Å². The van der Waals surface area contributed by atoms with Crippen molar-refractivity contribution in [2.75, 3.05) is 30.8 Å². The first kappa shape index (κ1) is 27.0. The van der Waals surface area contributed by atoms with Crippen LogP contribution in [0.15, 0.2) is 54.6 Å². The van der Waals surface area contributed by atoms with Gasteiger partial charge in [-0.1, -0.05) is 37.3 Å². The molecule has 0 saturated heterocycles. The minimum atomic E-state index is -3.83. The van der Waals surface area contributed by atoms with Gasteiger partial charge in [-0.25, -0.2) is 13.2 Å². The molecule has 1 atom stereocenters. The molecule has 9 nitrogen and oxygen atoms in total. The maximum atomic E-state index is 13.0. The molecule has 1 unspecified atom stereocenters. The van der Waals surface area contributed by atoms with Crippen LogP contribution in [0.2, 0.25) is 0 Å². The van der Waals surface area contributed by atoms with Gasteiger partial charge in [0.1, 0.15) is 11.6 Å². The lowest BCUT2D eigenvalue weighted by Gasteiger charge is -2.24. The molecule has 3 N–H and O–H groups in total. The zero-order valence-corrected chi connectivity index (χ0v) is 20.4. The molecule has 2 amide bonds. The Morgan fingerprint density at radius 1 is 1.09 bits per heavy atom. The van der Waals surface area contributed by atoms with Crippen LogP contribution in [-0.4, -0.2) is 56.5 Å². The second-order valence-corrected chi connectivity index (χ2v) is 9.84. The van der Waals surface area contributed by atoms with Crippen molar-refractivity contribution < 1.29 is 27.9 Å². The van der Waals surface area contributed by atoms with Gasteiger partial charge >= 0.3 is 6.09 Å². The Morgan fingerprint density at radius 3 is 2.38 bits per heavy atom. The van der Waals surface area contributed by atoms with Crippen molar-refractivity contribution in [2.24, 2.45) is 5.92 Å². The molecular formula is C24H33N3O6S. The molecule has 0 aliphatic carbocycles. The number of ether oxygens (including phenoxy) is 1. The largest absolute Gasteiger partial charge is 0.497 e. The Morgan fingerprint density at radius 2 is 1.76 bits per heavy atom. The van der Waals surface area contributed by atoms with Gasteiger partial charge in [0.25, 0.3) is 10.0 Å². The van der Waals surface area contributed by atoms with Gasteiger partial charge in [-0.05, 0) is 55.0 Å². The number of anilines is 1. The van der Waals surface area contributed by atoms with E-state index in [1.54, 1.807) is 24.3 Å². The normalized spacial score (nSPS) is 11.9. The molecule has 0 heterocycles. The Bertz CT molecular complexity index is 1010. The highest BCUT2D eigenvalue weighted by Gasteiger charge is 2.23. The summed E-state index contributed by atoms with van der Waals surface area (Å²) in [6.45, 7) is 2.36. The van der Waals surface area contributed by atoms with Gasteiger partial charge in [0.15, 0.2) is 0 Å². The molecule has 0 spiro atoms. The van der Waals surface area contributed by atoms with Crippen LogP contribution in [0.5, 0.6) is 5.75 Å². The quantitative estimate of drug-likeness (QED) is 0.371. The molecule has 0 radical (unpaired) electrons. The maximum absolute atomic E-state index is 13.0. The molecule has 186 valence electrons. The standard InChI is InChI=1S/C24H33N3O6S/c1-19(14-15-25-24(29)30)17-23(28)27(16-6-9-20-7-4-3-5-8-20)18-34(31,32)26-21-10-12-22(33-2)13-11-21/h3-5,7-8,10-13,19,25-26H,6,9,14-18H2,1-2H3,(H,29,30). The van der Waals surface area contributed by atoms with Crippen molar-refractivity contribution in [2.45, 2.75) is 32.6 Å².